The molecule has 0 nitrogen and oxygen atoms in total. The molecule has 0 bridgehead atoms. The van der Waals surface area contributed by atoms with Gasteiger partial charge in [0.05, 0.1) is 0 Å². The van der Waals surface area contributed by atoms with Gasteiger partial charge in [-0.25, -0.2) is 8.78 Å². The van der Waals surface area contributed by atoms with Gasteiger partial charge in [0.1, 0.15) is 0 Å². The zero-order chi connectivity index (χ0) is 12.7. The molecule has 0 spiro atoms. The maximum Gasteiger partial charge on any atom is 0.250 e. The number of benzene rings is 1. The van der Waals surface area contributed by atoms with Crippen LogP contribution in [-0.4, -0.2) is 14.1 Å². The molecule has 0 atom stereocenters. The van der Waals surface area contributed by atoms with Crippen LogP contribution in [0.2, 0.25) is 24.2 Å². The lowest BCUT2D eigenvalue weighted by atomic mass is 10.3. The van der Waals surface area contributed by atoms with E-state index in [-0.39, 0.29) is 0 Å². The smallest absolute Gasteiger partial charge is 0.204 e. The fourth-order valence-corrected chi connectivity index (χ4v) is 15.5. The first kappa shape index (κ1) is 13.8. The number of halogens is 5. The topological polar surface area (TPSA) is 0 Å². The van der Waals surface area contributed by atoms with E-state index in [1.807, 2.05) is 0 Å². The molecule has 94 valence electrons. The molecule has 1 aliphatic rings. The Labute approximate surface area is 115 Å². The minimum Gasteiger partial charge on any atom is -0.204 e. The third-order valence-electron chi connectivity index (χ3n) is 3.21. The lowest BCUT2D eigenvalue weighted by molar-refractivity contribution is 0.509. The SMILES string of the molecule is Fc1ccc([Si]2(Cl)CC[Si](Cl)(Cl)CC2)cc1F. The normalized spacial score (nSPS) is 22.4. The lowest BCUT2D eigenvalue weighted by Gasteiger charge is -2.34. The maximum absolute atomic E-state index is 13.2. The Morgan fingerprint density at radius 1 is 0.882 bits per heavy atom. The summed E-state index contributed by atoms with van der Waals surface area (Å²) in [6.07, 6.45) is 0. The Kier molecular flexibility index (Phi) is 3.91. The second-order valence-electron chi connectivity index (χ2n) is 4.45. The van der Waals surface area contributed by atoms with E-state index in [2.05, 4.69) is 0 Å². The fourth-order valence-electron chi connectivity index (χ4n) is 2.08. The van der Waals surface area contributed by atoms with Gasteiger partial charge in [-0.05, 0) is 41.5 Å². The summed E-state index contributed by atoms with van der Waals surface area (Å²) in [4.78, 5) is 0. The van der Waals surface area contributed by atoms with Gasteiger partial charge in [-0.2, -0.15) is 11.1 Å². The van der Waals surface area contributed by atoms with Crippen molar-refractivity contribution in [2.75, 3.05) is 0 Å². The van der Waals surface area contributed by atoms with Gasteiger partial charge in [-0.3, -0.25) is 0 Å². The molecule has 1 aromatic carbocycles. The summed E-state index contributed by atoms with van der Waals surface area (Å²) >= 11 is 19.0. The molecular weight excluding hydrogens is 321 g/mol. The van der Waals surface area contributed by atoms with Crippen LogP contribution in [0.3, 0.4) is 0 Å². The molecule has 0 aliphatic carbocycles. The van der Waals surface area contributed by atoms with E-state index in [0.717, 1.165) is 35.4 Å². The molecule has 1 fully saturated rings. The highest BCUT2D eigenvalue weighted by Crippen LogP contribution is 2.41. The molecule has 2 rings (SSSR count). The third kappa shape index (κ3) is 3.04. The van der Waals surface area contributed by atoms with Crippen LogP contribution in [0.15, 0.2) is 18.2 Å². The fraction of sp³-hybridized carbons (Fsp3) is 0.400. The van der Waals surface area contributed by atoms with Crippen LogP contribution >= 0.6 is 33.2 Å². The molecule has 0 radical (unpaired) electrons. The standard InChI is InChI=1S/C10H11Cl3F2Si2/c11-16(3-5-17(12,13)6-4-16)8-1-2-9(14)10(15)7-8/h1-2,7H,3-6H2. The molecule has 1 saturated heterocycles. The van der Waals surface area contributed by atoms with E-state index in [0.29, 0.717) is 0 Å². The first-order valence-corrected chi connectivity index (χ1v) is 13.2. The average Bonchev–Trinajstić information content (AvgIpc) is 2.27. The van der Waals surface area contributed by atoms with Gasteiger partial charge in [0.15, 0.2) is 19.0 Å². The van der Waals surface area contributed by atoms with E-state index >= 15 is 0 Å². The monoisotopic (exact) mass is 330 g/mol. The van der Waals surface area contributed by atoms with Gasteiger partial charge >= 0.3 is 0 Å². The summed E-state index contributed by atoms with van der Waals surface area (Å²) in [6.45, 7) is -2.11. The van der Waals surface area contributed by atoms with Crippen molar-refractivity contribution < 1.29 is 8.78 Å². The van der Waals surface area contributed by atoms with E-state index in [1.54, 1.807) is 6.07 Å². The predicted octanol–water partition coefficient (Wildman–Crippen LogP) is 4.29. The van der Waals surface area contributed by atoms with Crippen molar-refractivity contribution in [3.05, 3.63) is 29.8 Å². The van der Waals surface area contributed by atoms with Crippen molar-refractivity contribution in [3.63, 3.8) is 0 Å². The Bertz CT molecular complexity index is 430. The van der Waals surface area contributed by atoms with Crippen LogP contribution < -0.4 is 5.19 Å². The van der Waals surface area contributed by atoms with E-state index in [1.165, 1.54) is 6.07 Å². The average molecular weight is 332 g/mol. The highest BCUT2D eigenvalue weighted by molar-refractivity contribution is 7.47. The van der Waals surface area contributed by atoms with Crippen molar-refractivity contribution in [3.8, 4) is 0 Å². The van der Waals surface area contributed by atoms with Crippen LogP contribution in [0.4, 0.5) is 8.78 Å². The summed E-state index contributed by atoms with van der Waals surface area (Å²) in [5.74, 6) is -1.67. The molecule has 17 heavy (non-hydrogen) atoms. The summed E-state index contributed by atoms with van der Waals surface area (Å²) in [5, 5.41) is 0.746. The largest absolute Gasteiger partial charge is 0.250 e. The second kappa shape index (κ2) is 4.81. The Morgan fingerprint density at radius 3 is 2.00 bits per heavy atom. The summed E-state index contributed by atoms with van der Waals surface area (Å²) in [7, 11) is -2.22. The maximum atomic E-state index is 13.2. The lowest BCUT2D eigenvalue weighted by Crippen LogP contribution is -2.47. The zero-order valence-electron chi connectivity index (χ0n) is 8.95. The van der Waals surface area contributed by atoms with Crippen molar-refractivity contribution in [1.29, 1.82) is 0 Å². The van der Waals surface area contributed by atoms with Crippen LogP contribution in [-0.2, 0) is 0 Å². The Morgan fingerprint density at radius 2 is 1.47 bits per heavy atom. The first-order valence-electron chi connectivity index (χ1n) is 5.35. The molecule has 0 N–H and O–H groups in total. The van der Waals surface area contributed by atoms with Crippen LogP contribution in [0.25, 0.3) is 0 Å². The van der Waals surface area contributed by atoms with Crippen molar-refractivity contribution in [2.45, 2.75) is 24.2 Å². The molecule has 1 aromatic rings. The van der Waals surface area contributed by atoms with Crippen molar-refractivity contribution in [1.82, 2.24) is 0 Å². The molecule has 0 aromatic heterocycles. The van der Waals surface area contributed by atoms with Gasteiger partial charge in [-0.15, -0.1) is 22.2 Å². The van der Waals surface area contributed by atoms with Gasteiger partial charge in [0.25, 0.3) is 6.69 Å². The molecule has 0 amide bonds. The van der Waals surface area contributed by atoms with Crippen LogP contribution in [0.1, 0.15) is 0 Å². The Balaban J connectivity index is 2.24. The van der Waals surface area contributed by atoms with Crippen molar-refractivity contribution in [2.24, 2.45) is 0 Å². The second-order valence-corrected chi connectivity index (χ2v) is 17.8. The Hall–Kier alpha value is 0.384. The van der Waals surface area contributed by atoms with Gasteiger partial charge in [-0.1, -0.05) is 6.07 Å². The number of rotatable bonds is 1. The molecule has 1 aliphatic heterocycles. The molecule has 0 unspecified atom stereocenters. The van der Waals surface area contributed by atoms with E-state index in [9.17, 15) is 8.78 Å². The summed E-state index contributed by atoms with van der Waals surface area (Å²) < 4.78 is 26.1. The highest BCUT2D eigenvalue weighted by Gasteiger charge is 2.44. The minimum atomic E-state index is -2.22. The van der Waals surface area contributed by atoms with Crippen molar-refractivity contribution >= 4 is 52.5 Å². The predicted molar refractivity (Wildman–Crippen MR) is 74.3 cm³/mol. The third-order valence-corrected chi connectivity index (χ3v) is 13.7. The quantitative estimate of drug-likeness (QED) is 0.532. The van der Waals surface area contributed by atoms with E-state index in [4.69, 9.17) is 33.2 Å². The zero-order valence-corrected chi connectivity index (χ0v) is 13.2. The number of hydrogen-bond acceptors (Lipinski definition) is 0. The molecule has 0 saturated carbocycles. The summed E-state index contributed by atoms with van der Waals surface area (Å²) in [6, 6.07) is 6.94. The van der Waals surface area contributed by atoms with Gasteiger partial charge in [0.2, 0.25) is 0 Å². The van der Waals surface area contributed by atoms with Crippen LogP contribution in [0.5, 0.6) is 0 Å². The minimum absolute atomic E-state index is 0.741. The highest BCUT2D eigenvalue weighted by atomic mass is 35.7. The molecular formula is C10H11Cl3F2Si2. The first-order chi connectivity index (χ1) is 7.82. The molecule has 7 heteroatoms. The summed E-state index contributed by atoms with van der Waals surface area (Å²) in [5.41, 5.74) is 0. The van der Waals surface area contributed by atoms with Gasteiger partial charge < -0.3 is 0 Å². The molecule has 1 heterocycles. The van der Waals surface area contributed by atoms with E-state index < -0.39 is 25.7 Å². The number of hydrogen-bond donors (Lipinski definition) is 0. The van der Waals surface area contributed by atoms with Gasteiger partial charge in [0, 0.05) is 0 Å². The van der Waals surface area contributed by atoms with Crippen LogP contribution in [0, 0.1) is 11.6 Å².